The van der Waals surface area contributed by atoms with Crippen LogP contribution in [0.15, 0.2) is 18.3 Å². The van der Waals surface area contributed by atoms with Gasteiger partial charge in [0.2, 0.25) is 0 Å². The molecule has 0 saturated heterocycles. The first kappa shape index (κ1) is 10.6. The minimum atomic E-state index is 0.718. The number of hydrogen-bond donors (Lipinski definition) is 1. The predicted molar refractivity (Wildman–Crippen MR) is 63.0 cm³/mol. The molecule has 0 aromatic carbocycles. The van der Waals surface area contributed by atoms with Crippen LogP contribution < -0.4 is 5.32 Å². The van der Waals surface area contributed by atoms with Crippen molar-refractivity contribution in [3.05, 3.63) is 29.6 Å². The second-order valence-electron chi connectivity index (χ2n) is 4.57. The zero-order valence-corrected chi connectivity index (χ0v) is 9.66. The fraction of sp³-hybridized carbons (Fsp3) is 0.615. The fourth-order valence-corrected chi connectivity index (χ4v) is 2.00. The van der Waals surface area contributed by atoms with E-state index in [0.29, 0.717) is 0 Å². The minimum absolute atomic E-state index is 0.718. The molecule has 2 nitrogen and oxygen atoms in total. The summed E-state index contributed by atoms with van der Waals surface area (Å²) in [6, 6.07) is 4.34. The zero-order valence-electron chi connectivity index (χ0n) is 9.66. The summed E-state index contributed by atoms with van der Waals surface area (Å²) in [6.45, 7) is 6.60. The molecule has 1 heterocycles. The highest BCUT2D eigenvalue weighted by Crippen LogP contribution is 2.45. The Bertz CT molecular complexity index is 305. The lowest BCUT2D eigenvalue weighted by Crippen LogP contribution is -2.17. The van der Waals surface area contributed by atoms with E-state index < -0.39 is 0 Å². The summed E-state index contributed by atoms with van der Waals surface area (Å²) < 4.78 is 0. The van der Waals surface area contributed by atoms with Crippen molar-refractivity contribution in [1.29, 1.82) is 0 Å². The number of aromatic nitrogens is 1. The molecule has 2 rings (SSSR count). The van der Waals surface area contributed by atoms with Crippen LogP contribution in [0.1, 0.15) is 36.9 Å². The van der Waals surface area contributed by atoms with Crippen molar-refractivity contribution in [2.24, 2.45) is 5.92 Å². The Labute approximate surface area is 92.1 Å². The Balaban J connectivity index is 1.80. The van der Waals surface area contributed by atoms with E-state index in [0.717, 1.165) is 24.9 Å². The topological polar surface area (TPSA) is 24.9 Å². The third kappa shape index (κ3) is 2.78. The van der Waals surface area contributed by atoms with E-state index in [1.54, 1.807) is 0 Å². The van der Waals surface area contributed by atoms with E-state index in [4.69, 9.17) is 0 Å². The van der Waals surface area contributed by atoms with Gasteiger partial charge >= 0.3 is 0 Å². The van der Waals surface area contributed by atoms with E-state index in [1.807, 2.05) is 6.20 Å². The number of aryl methyl sites for hydroxylation is 1. The van der Waals surface area contributed by atoms with Crippen molar-refractivity contribution in [3.63, 3.8) is 0 Å². The van der Waals surface area contributed by atoms with Crippen LogP contribution >= 0.6 is 0 Å². The van der Waals surface area contributed by atoms with E-state index >= 15 is 0 Å². The Kier molecular flexibility index (Phi) is 3.37. The van der Waals surface area contributed by atoms with Gasteiger partial charge in [0.25, 0.3) is 0 Å². The molecule has 15 heavy (non-hydrogen) atoms. The van der Waals surface area contributed by atoms with Gasteiger partial charge in [-0.1, -0.05) is 13.0 Å². The lowest BCUT2D eigenvalue weighted by molar-refractivity contribution is 0.618. The van der Waals surface area contributed by atoms with Gasteiger partial charge in [0.15, 0.2) is 0 Å². The molecule has 1 aliphatic carbocycles. The maximum atomic E-state index is 4.49. The summed E-state index contributed by atoms with van der Waals surface area (Å²) in [7, 11) is 0. The average molecular weight is 204 g/mol. The summed E-state index contributed by atoms with van der Waals surface area (Å²) in [6.07, 6.45) is 4.51. The van der Waals surface area contributed by atoms with Crippen LogP contribution in [-0.2, 0) is 0 Å². The second kappa shape index (κ2) is 4.75. The van der Waals surface area contributed by atoms with Crippen LogP contribution in [0, 0.1) is 12.8 Å². The van der Waals surface area contributed by atoms with Gasteiger partial charge < -0.3 is 5.32 Å². The minimum Gasteiger partial charge on any atom is -0.316 e. The molecule has 1 fully saturated rings. The Hall–Kier alpha value is -0.890. The SMILES string of the molecule is CCCNCC1CC1c1ccc(C)cn1. The molecule has 2 heteroatoms. The molecule has 0 radical (unpaired) electrons. The summed E-state index contributed by atoms with van der Waals surface area (Å²) in [4.78, 5) is 4.49. The summed E-state index contributed by atoms with van der Waals surface area (Å²) in [5.41, 5.74) is 2.53. The first-order valence-electron chi connectivity index (χ1n) is 5.94. The number of pyridine rings is 1. The molecule has 0 aliphatic heterocycles. The van der Waals surface area contributed by atoms with Gasteiger partial charge in [-0.3, -0.25) is 4.98 Å². The van der Waals surface area contributed by atoms with Gasteiger partial charge in [0, 0.05) is 17.8 Å². The fourth-order valence-electron chi connectivity index (χ4n) is 2.00. The molecule has 1 aliphatic rings. The van der Waals surface area contributed by atoms with E-state index in [9.17, 15) is 0 Å². The van der Waals surface area contributed by atoms with E-state index in [1.165, 1.54) is 24.1 Å². The van der Waals surface area contributed by atoms with Crippen LogP contribution in [0.25, 0.3) is 0 Å². The standard InChI is InChI=1S/C13H20N2/c1-3-6-14-9-11-7-12(11)13-5-4-10(2)8-15-13/h4-5,8,11-12,14H,3,6-7,9H2,1-2H3. The summed E-state index contributed by atoms with van der Waals surface area (Å²) in [5, 5.41) is 3.48. The van der Waals surface area contributed by atoms with Gasteiger partial charge in [0.05, 0.1) is 0 Å². The largest absolute Gasteiger partial charge is 0.316 e. The van der Waals surface area contributed by atoms with Gasteiger partial charge in [-0.2, -0.15) is 0 Å². The first-order valence-corrected chi connectivity index (χ1v) is 5.94. The molecule has 0 bridgehead atoms. The normalized spacial score (nSPS) is 24.1. The van der Waals surface area contributed by atoms with Crippen LogP contribution in [0.3, 0.4) is 0 Å². The van der Waals surface area contributed by atoms with Gasteiger partial charge in [-0.05, 0) is 50.4 Å². The van der Waals surface area contributed by atoms with Gasteiger partial charge in [-0.25, -0.2) is 0 Å². The molecule has 1 saturated carbocycles. The molecule has 0 spiro atoms. The van der Waals surface area contributed by atoms with Gasteiger partial charge in [-0.15, -0.1) is 0 Å². The van der Waals surface area contributed by atoms with Crippen molar-refractivity contribution in [1.82, 2.24) is 10.3 Å². The van der Waals surface area contributed by atoms with Crippen molar-refractivity contribution >= 4 is 0 Å². The predicted octanol–water partition coefficient (Wildman–Crippen LogP) is 2.49. The van der Waals surface area contributed by atoms with Crippen molar-refractivity contribution < 1.29 is 0 Å². The van der Waals surface area contributed by atoms with Crippen LogP contribution in [-0.4, -0.2) is 18.1 Å². The third-order valence-electron chi connectivity index (χ3n) is 3.07. The lowest BCUT2D eigenvalue weighted by Gasteiger charge is -2.02. The molecule has 1 aromatic heterocycles. The van der Waals surface area contributed by atoms with Crippen molar-refractivity contribution in [3.8, 4) is 0 Å². The van der Waals surface area contributed by atoms with Crippen LogP contribution in [0.2, 0.25) is 0 Å². The Morgan fingerprint density at radius 2 is 2.33 bits per heavy atom. The molecular weight excluding hydrogens is 184 g/mol. The first-order chi connectivity index (χ1) is 7.31. The maximum Gasteiger partial charge on any atom is 0.0438 e. The van der Waals surface area contributed by atoms with E-state index in [2.05, 4.69) is 36.3 Å². The average Bonchev–Trinajstić information content (AvgIpc) is 2.99. The Morgan fingerprint density at radius 3 is 3.00 bits per heavy atom. The highest BCUT2D eigenvalue weighted by Gasteiger charge is 2.38. The molecule has 1 N–H and O–H groups in total. The highest BCUT2D eigenvalue weighted by atomic mass is 14.9. The summed E-state index contributed by atoms with van der Waals surface area (Å²) in [5.74, 6) is 1.54. The van der Waals surface area contributed by atoms with Crippen LogP contribution in [0.5, 0.6) is 0 Å². The second-order valence-corrected chi connectivity index (χ2v) is 4.57. The number of hydrogen-bond acceptors (Lipinski definition) is 2. The molecular formula is C13H20N2. The van der Waals surface area contributed by atoms with Crippen molar-refractivity contribution in [2.75, 3.05) is 13.1 Å². The monoisotopic (exact) mass is 204 g/mol. The zero-order chi connectivity index (χ0) is 10.7. The number of nitrogens with one attached hydrogen (secondary N) is 1. The van der Waals surface area contributed by atoms with Crippen LogP contribution in [0.4, 0.5) is 0 Å². The molecule has 1 aromatic rings. The molecule has 2 unspecified atom stereocenters. The molecule has 2 atom stereocenters. The van der Waals surface area contributed by atoms with Crippen molar-refractivity contribution in [2.45, 2.75) is 32.6 Å². The molecule has 0 amide bonds. The highest BCUT2D eigenvalue weighted by molar-refractivity contribution is 5.21. The number of rotatable bonds is 5. The van der Waals surface area contributed by atoms with Gasteiger partial charge in [0.1, 0.15) is 0 Å². The summed E-state index contributed by atoms with van der Waals surface area (Å²) >= 11 is 0. The number of nitrogens with zero attached hydrogens (tertiary/aromatic N) is 1. The smallest absolute Gasteiger partial charge is 0.0438 e. The third-order valence-corrected chi connectivity index (χ3v) is 3.07. The Morgan fingerprint density at radius 1 is 1.47 bits per heavy atom. The lowest BCUT2D eigenvalue weighted by atomic mass is 10.2. The van der Waals surface area contributed by atoms with E-state index in [-0.39, 0.29) is 0 Å². The maximum absolute atomic E-state index is 4.49. The quantitative estimate of drug-likeness (QED) is 0.745. The molecule has 82 valence electrons.